The number of nitriles is 1. The Bertz CT molecular complexity index is 357. The lowest BCUT2D eigenvalue weighted by molar-refractivity contribution is 0.546. The van der Waals surface area contributed by atoms with Crippen LogP contribution < -0.4 is 5.32 Å². The van der Waals surface area contributed by atoms with Gasteiger partial charge in [-0.05, 0) is 30.9 Å². The molecule has 0 amide bonds. The molecule has 0 aromatic heterocycles. The third-order valence-corrected chi connectivity index (χ3v) is 2.57. The average Bonchev–Trinajstić information content (AvgIpc) is 2.25. The minimum Gasteiger partial charge on any atom is -0.296 e. The fraction of sp³-hybridized carbons (Fsp3) is 0.500. The summed E-state index contributed by atoms with van der Waals surface area (Å²) in [5.74, 6) is 0.535. The molecule has 1 rings (SSSR count). The van der Waals surface area contributed by atoms with Gasteiger partial charge in [-0.25, -0.2) is 0 Å². The molecule has 1 aromatic carbocycles. The zero-order valence-corrected chi connectivity index (χ0v) is 10.5. The minimum atomic E-state index is -0.207. The third-order valence-electron chi connectivity index (χ3n) is 2.57. The van der Waals surface area contributed by atoms with Crippen molar-refractivity contribution >= 4 is 0 Å². The molecule has 1 N–H and O–H groups in total. The number of hydrogen-bond acceptors (Lipinski definition) is 2. The smallest absolute Gasteiger partial charge is 0.121 e. The standard InChI is InChI=1S/C14H20N2/c1-10(2)12-5-7-13(8-6-12)14(9-15)16-11(3)4/h5-8,10-11,14,16H,1-4H3. The largest absolute Gasteiger partial charge is 0.296 e. The summed E-state index contributed by atoms with van der Waals surface area (Å²) in [5, 5.41) is 12.3. The average molecular weight is 216 g/mol. The van der Waals surface area contributed by atoms with Crippen LogP contribution in [-0.2, 0) is 0 Å². The molecule has 2 heteroatoms. The van der Waals surface area contributed by atoms with E-state index < -0.39 is 0 Å². The molecule has 0 saturated heterocycles. The maximum atomic E-state index is 9.09. The second-order valence-corrected chi connectivity index (χ2v) is 4.70. The Morgan fingerprint density at radius 3 is 1.88 bits per heavy atom. The van der Waals surface area contributed by atoms with Crippen molar-refractivity contribution in [1.29, 1.82) is 5.26 Å². The Hall–Kier alpha value is -1.33. The number of nitrogens with one attached hydrogen (secondary N) is 1. The van der Waals surface area contributed by atoms with Crippen LogP contribution in [0.15, 0.2) is 24.3 Å². The first-order valence-corrected chi connectivity index (χ1v) is 5.80. The Kier molecular flexibility index (Phi) is 4.52. The van der Waals surface area contributed by atoms with Crippen LogP contribution in [0, 0.1) is 11.3 Å². The van der Waals surface area contributed by atoms with E-state index in [2.05, 4.69) is 37.4 Å². The Morgan fingerprint density at radius 2 is 1.50 bits per heavy atom. The van der Waals surface area contributed by atoms with Crippen molar-refractivity contribution < 1.29 is 0 Å². The molecule has 0 aliphatic rings. The quantitative estimate of drug-likeness (QED) is 0.837. The molecule has 2 nitrogen and oxygen atoms in total. The lowest BCUT2D eigenvalue weighted by Gasteiger charge is -2.15. The van der Waals surface area contributed by atoms with Gasteiger partial charge in [0.2, 0.25) is 0 Å². The van der Waals surface area contributed by atoms with E-state index in [1.807, 2.05) is 26.0 Å². The molecule has 16 heavy (non-hydrogen) atoms. The van der Waals surface area contributed by atoms with Crippen molar-refractivity contribution in [3.63, 3.8) is 0 Å². The van der Waals surface area contributed by atoms with Gasteiger partial charge in [-0.1, -0.05) is 38.1 Å². The lowest BCUT2D eigenvalue weighted by Crippen LogP contribution is -2.27. The highest BCUT2D eigenvalue weighted by Crippen LogP contribution is 2.18. The molecule has 1 unspecified atom stereocenters. The van der Waals surface area contributed by atoms with Crippen LogP contribution in [0.25, 0.3) is 0 Å². The van der Waals surface area contributed by atoms with Crippen LogP contribution in [0.5, 0.6) is 0 Å². The van der Waals surface area contributed by atoms with Crippen molar-refractivity contribution in [2.45, 2.75) is 45.7 Å². The minimum absolute atomic E-state index is 0.207. The highest BCUT2D eigenvalue weighted by atomic mass is 14.9. The predicted molar refractivity (Wildman–Crippen MR) is 67.2 cm³/mol. The van der Waals surface area contributed by atoms with Gasteiger partial charge >= 0.3 is 0 Å². The molecule has 0 spiro atoms. The van der Waals surface area contributed by atoms with E-state index >= 15 is 0 Å². The molecular weight excluding hydrogens is 196 g/mol. The zero-order chi connectivity index (χ0) is 12.1. The van der Waals surface area contributed by atoms with Gasteiger partial charge in [0, 0.05) is 6.04 Å². The monoisotopic (exact) mass is 216 g/mol. The van der Waals surface area contributed by atoms with E-state index in [4.69, 9.17) is 5.26 Å². The van der Waals surface area contributed by atoms with Gasteiger partial charge in [0.05, 0.1) is 6.07 Å². The summed E-state index contributed by atoms with van der Waals surface area (Å²) in [6.45, 7) is 8.44. The van der Waals surface area contributed by atoms with Crippen LogP contribution in [-0.4, -0.2) is 6.04 Å². The first-order chi connectivity index (χ1) is 7.54. The van der Waals surface area contributed by atoms with E-state index in [0.29, 0.717) is 12.0 Å². The molecule has 0 bridgehead atoms. The molecule has 0 saturated carbocycles. The van der Waals surface area contributed by atoms with Crippen LogP contribution in [0.4, 0.5) is 0 Å². The van der Waals surface area contributed by atoms with Crippen molar-refractivity contribution in [1.82, 2.24) is 5.32 Å². The number of rotatable bonds is 4. The summed E-state index contributed by atoms with van der Waals surface area (Å²) in [7, 11) is 0. The fourth-order valence-electron chi connectivity index (χ4n) is 1.61. The molecule has 1 atom stereocenters. The number of nitrogens with zero attached hydrogens (tertiary/aromatic N) is 1. The van der Waals surface area contributed by atoms with Crippen molar-refractivity contribution in [3.05, 3.63) is 35.4 Å². The molecule has 0 radical (unpaired) electrons. The van der Waals surface area contributed by atoms with E-state index in [1.165, 1.54) is 5.56 Å². The third kappa shape index (κ3) is 3.36. The SMILES string of the molecule is CC(C)NC(C#N)c1ccc(C(C)C)cc1. The zero-order valence-electron chi connectivity index (χ0n) is 10.5. The van der Waals surface area contributed by atoms with Gasteiger partial charge in [0.1, 0.15) is 6.04 Å². The first-order valence-electron chi connectivity index (χ1n) is 5.80. The fourth-order valence-corrected chi connectivity index (χ4v) is 1.61. The Labute approximate surface area is 98.3 Å². The van der Waals surface area contributed by atoms with Gasteiger partial charge in [-0.3, -0.25) is 5.32 Å². The molecular formula is C14H20N2. The normalized spacial score (nSPS) is 12.8. The van der Waals surface area contributed by atoms with E-state index in [0.717, 1.165) is 5.56 Å². The van der Waals surface area contributed by atoms with E-state index in [-0.39, 0.29) is 6.04 Å². The van der Waals surface area contributed by atoms with Crippen molar-refractivity contribution in [2.24, 2.45) is 0 Å². The van der Waals surface area contributed by atoms with Crippen LogP contribution in [0.3, 0.4) is 0 Å². The van der Waals surface area contributed by atoms with Gasteiger partial charge in [0.15, 0.2) is 0 Å². The van der Waals surface area contributed by atoms with Crippen molar-refractivity contribution in [3.8, 4) is 6.07 Å². The van der Waals surface area contributed by atoms with Gasteiger partial charge in [-0.2, -0.15) is 5.26 Å². The topological polar surface area (TPSA) is 35.8 Å². The predicted octanol–water partition coefficient (Wildman–Crippen LogP) is 3.37. The Morgan fingerprint density at radius 1 is 1.00 bits per heavy atom. The number of hydrogen-bond donors (Lipinski definition) is 1. The Balaban J connectivity index is 2.83. The maximum absolute atomic E-state index is 9.09. The molecule has 0 heterocycles. The summed E-state index contributed by atoms with van der Waals surface area (Å²) in [6.07, 6.45) is 0. The highest BCUT2D eigenvalue weighted by Gasteiger charge is 2.11. The summed E-state index contributed by atoms with van der Waals surface area (Å²) in [6, 6.07) is 10.7. The molecule has 0 aliphatic carbocycles. The molecule has 1 aromatic rings. The second kappa shape index (κ2) is 5.67. The van der Waals surface area contributed by atoms with Gasteiger partial charge in [-0.15, -0.1) is 0 Å². The number of benzene rings is 1. The van der Waals surface area contributed by atoms with Gasteiger partial charge in [0.25, 0.3) is 0 Å². The maximum Gasteiger partial charge on any atom is 0.121 e. The van der Waals surface area contributed by atoms with Crippen LogP contribution in [0.1, 0.15) is 50.8 Å². The van der Waals surface area contributed by atoms with E-state index in [1.54, 1.807) is 0 Å². The first kappa shape index (κ1) is 12.7. The molecule has 0 aliphatic heterocycles. The van der Waals surface area contributed by atoms with E-state index in [9.17, 15) is 0 Å². The summed E-state index contributed by atoms with van der Waals surface area (Å²) in [5.41, 5.74) is 2.35. The summed E-state index contributed by atoms with van der Waals surface area (Å²) >= 11 is 0. The summed E-state index contributed by atoms with van der Waals surface area (Å²) in [4.78, 5) is 0. The lowest BCUT2D eigenvalue weighted by atomic mass is 9.99. The molecule has 0 fully saturated rings. The highest BCUT2D eigenvalue weighted by molar-refractivity contribution is 5.29. The van der Waals surface area contributed by atoms with Crippen LogP contribution in [0.2, 0.25) is 0 Å². The van der Waals surface area contributed by atoms with Crippen molar-refractivity contribution in [2.75, 3.05) is 0 Å². The summed E-state index contributed by atoms with van der Waals surface area (Å²) < 4.78 is 0. The van der Waals surface area contributed by atoms with Crippen LogP contribution >= 0.6 is 0 Å². The van der Waals surface area contributed by atoms with Gasteiger partial charge < -0.3 is 0 Å². The second-order valence-electron chi connectivity index (χ2n) is 4.70. The molecule has 86 valence electrons.